The van der Waals surface area contributed by atoms with Gasteiger partial charge in [0.2, 0.25) is 5.91 Å². The Labute approximate surface area is 155 Å². The van der Waals surface area contributed by atoms with E-state index in [4.69, 9.17) is 0 Å². The second-order valence-corrected chi connectivity index (χ2v) is 7.30. The van der Waals surface area contributed by atoms with Gasteiger partial charge in [0.15, 0.2) is 0 Å². The minimum atomic E-state index is -0.102. The highest BCUT2D eigenvalue weighted by molar-refractivity contribution is 5.84. The third-order valence-electron chi connectivity index (χ3n) is 5.65. The maximum atomic E-state index is 12.9. The van der Waals surface area contributed by atoms with Gasteiger partial charge in [0.05, 0.1) is 12.0 Å². The van der Waals surface area contributed by atoms with Gasteiger partial charge in [-0.15, -0.1) is 0 Å². The number of carbonyl (C=O) groups is 1. The molecule has 4 rings (SSSR count). The highest BCUT2D eigenvalue weighted by Gasteiger charge is 2.28. The molecule has 2 aromatic rings. The molecule has 2 aliphatic heterocycles. The molecule has 1 fully saturated rings. The molecule has 0 spiro atoms. The van der Waals surface area contributed by atoms with E-state index in [0.717, 1.165) is 19.6 Å². The van der Waals surface area contributed by atoms with Gasteiger partial charge in [-0.25, -0.2) is 0 Å². The van der Waals surface area contributed by atoms with Gasteiger partial charge in [-0.2, -0.15) is 0 Å². The molecular formula is C22H27N3O. The van der Waals surface area contributed by atoms with Crippen LogP contribution >= 0.6 is 0 Å². The fraction of sp³-hybridized carbons (Fsp3) is 0.409. The number of fused-ring (bicyclic) bond motifs is 1. The first kappa shape index (κ1) is 17.3. The lowest BCUT2D eigenvalue weighted by Gasteiger charge is -2.30. The summed E-state index contributed by atoms with van der Waals surface area (Å²) in [6.45, 7) is 4.46. The summed E-state index contributed by atoms with van der Waals surface area (Å²) in [6.07, 6.45) is 2.49. The van der Waals surface area contributed by atoms with Gasteiger partial charge in [0.1, 0.15) is 0 Å². The van der Waals surface area contributed by atoms with E-state index >= 15 is 0 Å². The molecule has 0 aromatic heterocycles. The Kier molecular flexibility index (Phi) is 5.32. The van der Waals surface area contributed by atoms with Crippen LogP contribution in [0.3, 0.4) is 0 Å². The number of hydrogen-bond donors (Lipinski definition) is 2. The largest absolute Gasteiger partial charge is 0.354 e. The zero-order valence-corrected chi connectivity index (χ0v) is 15.2. The molecule has 2 aromatic carbocycles. The predicted octanol–water partition coefficient (Wildman–Crippen LogP) is 2.83. The second-order valence-electron chi connectivity index (χ2n) is 7.30. The third-order valence-corrected chi connectivity index (χ3v) is 5.65. The van der Waals surface area contributed by atoms with Crippen molar-refractivity contribution < 1.29 is 4.79 Å². The van der Waals surface area contributed by atoms with Crippen molar-refractivity contribution in [2.24, 2.45) is 0 Å². The summed E-state index contributed by atoms with van der Waals surface area (Å²) in [6, 6.07) is 19.1. The molecule has 2 N–H and O–H groups in total. The molecule has 4 heteroatoms. The van der Waals surface area contributed by atoms with E-state index in [1.807, 2.05) is 18.2 Å². The highest BCUT2D eigenvalue weighted by Crippen LogP contribution is 2.26. The summed E-state index contributed by atoms with van der Waals surface area (Å²) in [5.41, 5.74) is 3.69. The Bertz CT molecular complexity index is 740. The van der Waals surface area contributed by atoms with Crippen LogP contribution in [0.5, 0.6) is 0 Å². The minimum Gasteiger partial charge on any atom is -0.354 e. The molecule has 26 heavy (non-hydrogen) atoms. The number of benzene rings is 2. The highest BCUT2D eigenvalue weighted by atomic mass is 16.1. The Morgan fingerprint density at radius 3 is 2.62 bits per heavy atom. The van der Waals surface area contributed by atoms with Gasteiger partial charge in [-0.05, 0) is 42.6 Å². The Hall–Kier alpha value is -2.17. The van der Waals surface area contributed by atoms with Gasteiger partial charge in [0, 0.05) is 19.6 Å². The van der Waals surface area contributed by atoms with Crippen LogP contribution in [0.4, 0.5) is 0 Å². The average molecular weight is 349 g/mol. The van der Waals surface area contributed by atoms with Gasteiger partial charge < -0.3 is 10.6 Å². The standard InChI is InChI=1S/C22H27N3O/c26-22(20-15-23-14-18-10-4-5-11-19(18)20)24-16-21(25-12-6-7-13-25)17-8-2-1-3-9-17/h1-5,8-11,20-21,23H,6-7,12-16H2,(H,24,26). The predicted molar refractivity (Wildman–Crippen MR) is 104 cm³/mol. The summed E-state index contributed by atoms with van der Waals surface area (Å²) in [5.74, 6) is 0.0275. The second kappa shape index (κ2) is 8.02. The monoisotopic (exact) mass is 349 g/mol. The lowest BCUT2D eigenvalue weighted by Crippen LogP contribution is -2.42. The van der Waals surface area contributed by atoms with E-state index < -0.39 is 0 Å². The van der Waals surface area contributed by atoms with Crippen LogP contribution in [0.15, 0.2) is 54.6 Å². The van der Waals surface area contributed by atoms with Gasteiger partial charge in [-0.1, -0.05) is 54.6 Å². The van der Waals surface area contributed by atoms with E-state index in [1.165, 1.54) is 29.5 Å². The number of amides is 1. The van der Waals surface area contributed by atoms with E-state index in [-0.39, 0.29) is 17.9 Å². The number of rotatable bonds is 5. The molecule has 2 unspecified atom stereocenters. The maximum Gasteiger partial charge on any atom is 0.228 e. The molecule has 0 aliphatic carbocycles. The molecule has 0 bridgehead atoms. The molecule has 1 amide bonds. The van der Waals surface area contributed by atoms with Crippen molar-refractivity contribution in [2.45, 2.75) is 31.3 Å². The van der Waals surface area contributed by atoms with Gasteiger partial charge in [-0.3, -0.25) is 9.69 Å². The van der Waals surface area contributed by atoms with E-state index in [0.29, 0.717) is 13.1 Å². The molecule has 136 valence electrons. The maximum absolute atomic E-state index is 12.9. The zero-order valence-electron chi connectivity index (χ0n) is 15.2. The average Bonchev–Trinajstić information content (AvgIpc) is 3.23. The number of nitrogens with zero attached hydrogens (tertiary/aromatic N) is 1. The quantitative estimate of drug-likeness (QED) is 0.872. The smallest absolute Gasteiger partial charge is 0.228 e. The lowest BCUT2D eigenvalue weighted by molar-refractivity contribution is -0.122. The Balaban J connectivity index is 1.47. The van der Waals surface area contributed by atoms with E-state index in [1.54, 1.807) is 0 Å². The van der Waals surface area contributed by atoms with Crippen molar-refractivity contribution in [1.29, 1.82) is 0 Å². The van der Waals surface area contributed by atoms with Crippen LogP contribution < -0.4 is 10.6 Å². The van der Waals surface area contributed by atoms with Gasteiger partial charge >= 0.3 is 0 Å². The zero-order chi connectivity index (χ0) is 17.8. The van der Waals surface area contributed by atoms with Crippen molar-refractivity contribution in [1.82, 2.24) is 15.5 Å². The van der Waals surface area contributed by atoms with Gasteiger partial charge in [0.25, 0.3) is 0 Å². The molecule has 4 nitrogen and oxygen atoms in total. The van der Waals surface area contributed by atoms with Crippen LogP contribution in [-0.2, 0) is 11.3 Å². The fourth-order valence-corrected chi connectivity index (χ4v) is 4.24. The molecule has 2 heterocycles. The van der Waals surface area contributed by atoms with E-state index in [9.17, 15) is 4.79 Å². The first-order valence-electron chi connectivity index (χ1n) is 9.68. The summed E-state index contributed by atoms with van der Waals surface area (Å²) < 4.78 is 0. The minimum absolute atomic E-state index is 0.102. The van der Waals surface area contributed by atoms with Crippen molar-refractivity contribution in [3.05, 3.63) is 71.3 Å². The van der Waals surface area contributed by atoms with Crippen LogP contribution in [0.2, 0.25) is 0 Å². The van der Waals surface area contributed by atoms with Crippen molar-refractivity contribution in [3.8, 4) is 0 Å². The number of nitrogens with one attached hydrogen (secondary N) is 2. The van der Waals surface area contributed by atoms with Crippen LogP contribution in [0.1, 0.15) is 41.5 Å². The Morgan fingerprint density at radius 2 is 1.81 bits per heavy atom. The summed E-state index contributed by atoms with van der Waals surface area (Å²) in [7, 11) is 0. The topological polar surface area (TPSA) is 44.4 Å². The summed E-state index contributed by atoms with van der Waals surface area (Å²) in [5, 5.41) is 6.62. The number of likely N-dealkylation sites (tertiary alicyclic amines) is 1. The summed E-state index contributed by atoms with van der Waals surface area (Å²) in [4.78, 5) is 15.4. The van der Waals surface area contributed by atoms with E-state index in [2.05, 4.69) is 51.9 Å². The van der Waals surface area contributed by atoms with Crippen molar-refractivity contribution in [3.63, 3.8) is 0 Å². The van der Waals surface area contributed by atoms with Crippen molar-refractivity contribution >= 4 is 5.91 Å². The fourth-order valence-electron chi connectivity index (χ4n) is 4.24. The SMILES string of the molecule is O=C(NCC(c1ccccc1)N1CCCC1)C1CNCc2ccccc21. The normalized spacial score (nSPS) is 21.2. The lowest BCUT2D eigenvalue weighted by atomic mass is 9.90. The molecule has 0 radical (unpaired) electrons. The molecular weight excluding hydrogens is 322 g/mol. The first-order chi connectivity index (χ1) is 12.8. The summed E-state index contributed by atoms with van der Waals surface area (Å²) >= 11 is 0. The molecule has 2 atom stereocenters. The number of hydrogen-bond acceptors (Lipinski definition) is 3. The van der Waals surface area contributed by atoms with Crippen LogP contribution in [0.25, 0.3) is 0 Å². The molecule has 1 saturated heterocycles. The Morgan fingerprint density at radius 1 is 1.08 bits per heavy atom. The molecule has 0 saturated carbocycles. The third kappa shape index (κ3) is 3.67. The van der Waals surface area contributed by atoms with Crippen LogP contribution in [0, 0.1) is 0 Å². The number of carbonyl (C=O) groups excluding carboxylic acids is 1. The molecule has 2 aliphatic rings. The first-order valence-corrected chi connectivity index (χ1v) is 9.68. The van der Waals surface area contributed by atoms with Crippen LogP contribution in [-0.4, -0.2) is 37.0 Å². The van der Waals surface area contributed by atoms with Crippen molar-refractivity contribution in [2.75, 3.05) is 26.2 Å².